The van der Waals surface area contributed by atoms with Crippen LogP contribution in [0.2, 0.25) is 0 Å². The second-order valence-electron chi connectivity index (χ2n) is 7.24. The maximum Gasteiger partial charge on any atom is 0.320 e. The Morgan fingerprint density at radius 1 is 1.21 bits per heavy atom. The molecule has 1 unspecified atom stereocenters. The summed E-state index contributed by atoms with van der Waals surface area (Å²) in [7, 11) is 0. The van der Waals surface area contributed by atoms with E-state index in [1.54, 1.807) is 11.8 Å². The lowest BCUT2D eigenvalue weighted by molar-refractivity contribution is -0.145. The molecule has 1 amide bonds. The van der Waals surface area contributed by atoms with E-state index in [1.165, 1.54) is 5.56 Å². The van der Waals surface area contributed by atoms with Crippen molar-refractivity contribution in [3.8, 4) is 0 Å². The van der Waals surface area contributed by atoms with Gasteiger partial charge in [0.2, 0.25) is 5.91 Å². The topological polar surface area (TPSA) is 49.9 Å². The van der Waals surface area contributed by atoms with E-state index in [0.717, 1.165) is 5.69 Å². The van der Waals surface area contributed by atoms with Gasteiger partial charge in [-0.15, -0.1) is 0 Å². The van der Waals surface area contributed by atoms with Gasteiger partial charge < -0.3 is 9.64 Å². The molecule has 1 heterocycles. The Bertz CT molecular complexity index is 590. The van der Waals surface area contributed by atoms with Crippen LogP contribution in [0.1, 0.15) is 40.2 Å². The van der Waals surface area contributed by atoms with Gasteiger partial charge in [0.25, 0.3) is 0 Å². The number of carbonyl (C=O) groups excluding carboxylic acids is 2. The van der Waals surface area contributed by atoms with Crippen molar-refractivity contribution < 1.29 is 14.3 Å². The Morgan fingerprint density at radius 2 is 1.83 bits per heavy atom. The molecule has 2 rings (SSSR count). The molecule has 1 fully saturated rings. The predicted molar refractivity (Wildman–Crippen MR) is 95.2 cm³/mol. The molecule has 0 saturated carbocycles. The van der Waals surface area contributed by atoms with E-state index >= 15 is 0 Å². The van der Waals surface area contributed by atoms with Gasteiger partial charge in [-0.05, 0) is 37.0 Å². The van der Waals surface area contributed by atoms with E-state index < -0.39 is 0 Å². The summed E-state index contributed by atoms with van der Waals surface area (Å²) >= 11 is 0. The zero-order valence-corrected chi connectivity index (χ0v) is 15.3. The molecular weight excluding hydrogens is 304 g/mol. The molecule has 24 heavy (non-hydrogen) atoms. The second-order valence-corrected chi connectivity index (χ2v) is 7.24. The molecule has 5 nitrogen and oxygen atoms in total. The van der Waals surface area contributed by atoms with Crippen molar-refractivity contribution in [2.45, 2.75) is 46.1 Å². The molecule has 0 aliphatic carbocycles. The average molecular weight is 332 g/mol. The molecule has 1 aromatic rings. The molecule has 0 radical (unpaired) electrons. The highest BCUT2D eigenvalue weighted by Gasteiger charge is 2.33. The smallest absolute Gasteiger partial charge is 0.320 e. The average Bonchev–Trinajstić information content (AvgIpc) is 2.52. The third-order valence-corrected chi connectivity index (χ3v) is 4.46. The van der Waals surface area contributed by atoms with Crippen LogP contribution >= 0.6 is 0 Å². The lowest BCUT2D eigenvalue weighted by Gasteiger charge is -2.38. The second kappa shape index (κ2) is 7.34. The van der Waals surface area contributed by atoms with Gasteiger partial charge in [-0.2, -0.15) is 0 Å². The molecule has 1 aromatic carbocycles. The highest BCUT2D eigenvalue weighted by molar-refractivity contribution is 5.98. The monoisotopic (exact) mass is 332 g/mol. The van der Waals surface area contributed by atoms with Crippen LogP contribution in [0.25, 0.3) is 0 Å². The maximum absolute atomic E-state index is 12.7. The molecular formula is C19H28N2O3. The normalized spacial score (nSPS) is 19.5. The minimum absolute atomic E-state index is 0.0223. The molecule has 1 aliphatic rings. The summed E-state index contributed by atoms with van der Waals surface area (Å²) in [4.78, 5) is 28.0. The molecule has 1 saturated heterocycles. The lowest BCUT2D eigenvalue weighted by atomic mass is 9.87. The maximum atomic E-state index is 12.7. The van der Waals surface area contributed by atoms with Gasteiger partial charge in [0, 0.05) is 18.8 Å². The molecule has 1 aliphatic heterocycles. The Hall–Kier alpha value is -1.88. The first kappa shape index (κ1) is 18.5. The van der Waals surface area contributed by atoms with E-state index in [4.69, 9.17) is 4.74 Å². The zero-order valence-electron chi connectivity index (χ0n) is 15.3. The van der Waals surface area contributed by atoms with Gasteiger partial charge in [-0.3, -0.25) is 14.5 Å². The van der Waals surface area contributed by atoms with Crippen molar-refractivity contribution in [1.29, 1.82) is 0 Å². The molecule has 1 atom stereocenters. The minimum atomic E-state index is -0.328. The number of hydrogen-bond donors (Lipinski definition) is 0. The fourth-order valence-corrected chi connectivity index (χ4v) is 2.90. The number of piperazine rings is 1. The van der Waals surface area contributed by atoms with Gasteiger partial charge in [0.1, 0.15) is 0 Å². The van der Waals surface area contributed by atoms with Gasteiger partial charge >= 0.3 is 5.97 Å². The lowest BCUT2D eigenvalue weighted by Crippen LogP contribution is -2.57. The SMILES string of the molecule is CCOC(=O)CN1CCN(c2ccc(C(C)(C)C)cc2)C(=O)C1C. The Balaban J connectivity index is 2.07. The van der Waals surface area contributed by atoms with Crippen LogP contribution in [0.5, 0.6) is 0 Å². The summed E-state index contributed by atoms with van der Waals surface area (Å²) in [6.45, 7) is 11.9. The van der Waals surface area contributed by atoms with Crippen molar-refractivity contribution in [2.24, 2.45) is 0 Å². The number of carbonyl (C=O) groups is 2. The first-order valence-electron chi connectivity index (χ1n) is 8.55. The first-order valence-corrected chi connectivity index (χ1v) is 8.55. The largest absolute Gasteiger partial charge is 0.465 e. The first-order chi connectivity index (χ1) is 11.2. The van der Waals surface area contributed by atoms with E-state index in [9.17, 15) is 9.59 Å². The number of nitrogens with zero attached hydrogens (tertiary/aromatic N) is 2. The van der Waals surface area contributed by atoms with Crippen molar-refractivity contribution in [3.63, 3.8) is 0 Å². The summed E-state index contributed by atoms with van der Waals surface area (Å²) in [6.07, 6.45) is 0. The van der Waals surface area contributed by atoms with Crippen LogP contribution in [0, 0.1) is 0 Å². The quantitative estimate of drug-likeness (QED) is 0.795. The zero-order chi connectivity index (χ0) is 17.9. The molecule has 0 aromatic heterocycles. The third-order valence-electron chi connectivity index (χ3n) is 4.46. The summed E-state index contributed by atoms with van der Waals surface area (Å²) in [5.41, 5.74) is 2.25. The fourth-order valence-electron chi connectivity index (χ4n) is 2.90. The Morgan fingerprint density at radius 3 is 2.38 bits per heavy atom. The van der Waals surface area contributed by atoms with E-state index in [1.807, 2.05) is 24.0 Å². The number of esters is 1. The van der Waals surface area contributed by atoms with Crippen molar-refractivity contribution >= 4 is 17.6 Å². The molecule has 0 N–H and O–H groups in total. The molecule has 132 valence electrons. The summed E-state index contributed by atoms with van der Waals surface area (Å²) in [5.74, 6) is -0.255. The van der Waals surface area contributed by atoms with E-state index in [0.29, 0.717) is 19.7 Å². The fraction of sp³-hybridized carbons (Fsp3) is 0.579. The number of benzene rings is 1. The van der Waals surface area contributed by atoms with Crippen molar-refractivity contribution in [1.82, 2.24) is 4.90 Å². The van der Waals surface area contributed by atoms with Gasteiger partial charge in [-0.1, -0.05) is 32.9 Å². The van der Waals surface area contributed by atoms with Crippen LogP contribution in [0.4, 0.5) is 5.69 Å². The number of rotatable bonds is 4. The molecule has 0 bridgehead atoms. The Kier molecular flexibility index (Phi) is 5.65. The van der Waals surface area contributed by atoms with Crippen LogP contribution in [-0.2, 0) is 19.7 Å². The van der Waals surface area contributed by atoms with Crippen LogP contribution < -0.4 is 4.90 Å². The van der Waals surface area contributed by atoms with Crippen LogP contribution in [0.15, 0.2) is 24.3 Å². The van der Waals surface area contributed by atoms with Crippen LogP contribution in [-0.4, -0.2) is 49.1 Å². The Labute approximate surface area is 144 Å². The van der Waals surface area contributed by atoms with Crippen molar-refractivity contribution in [3.05, 3.63) is 29.8 Å². The summed E-state index contributed by atoms with van der Waals surface area (Å²) in [5, 5.41) is 0. The number of anilines is 1. The third kappa shape index (κ3) is 4.15. The van der Waals surface area contributed by atoms with Gasteiger partial charge in [0.05, 0.1) is 19.2 Å². The highest BCUT2D eigenvalue weighted by Crippen LogP contribution is 2.26. The summed E-state index contributed by atoms with van der Waals surface area (Å²) in [6, 6.07) is 7.85. The van der Waals surface area contributed by atoms with Crippen molar-refractivity contribution in [2.75, 3.05) is 31.1 Å². The molecule has 5 heteroatoms. The van der Waals surface area contributed by atoms with Gasteiger partial charge in [-0.25, -0.2) is 0 Å². The van der Waals surface area contributed by atoms with E-state index in [2.05, 4.69) is 32.9 Å². The van der Waals surface area contributed by atoms with Gasteiger partial charge in [0.15, 0.2) is 0 Å². The standard InChI is InChI=1S/C19H28N2O3/c1-6-24-17(22)13-20-11-12-21(18(23)14(20)2)16-9-7-15(8-10-16)19(3,4)5/h7-10,14H,6,11-13H2,1-5H3. The van der Waals surface area contributed by atoms with Crippen LogP contribution in [0.3, 0.4) is 0 Å². The number of hydrogen-bond acceptors (Lipinski definition) is 4. The molecule has 0 spiro atoms. The highest BCUT2D eigenvalue weighted by atomic mass is 16.5. The number of amides is 1. The van der Waals surface area contributed by atoms with E-state index in [-0.39, 0.29) is 29.9 Å². The predicted octanol–water partition coefficient (Wildman–Crippen LogP) is 2.58. The number of ether oxygens (including phenoxy) is 1. The minimum Gasteiger partial charge on any atom is -0.465 e. The summed E-state index contributed by atoms with van der Waals surface area (Å²) < 4.78 is 4.98.